The first-order valence-corrected chi connectivity index (χ1v) is 8.71. The molecule has 0 saturated carbocycles. The van der Waals surface area contributed by atoms with E-state index in [1.165, 1.54) is 4.90 Å². The highest BCUT2D eigenvalue weighted by molar-refractivity contribution is 8.18. The Morgan fingerprint density at radius 2 is 1.65 bits per heavy atom. The molecule has 2 aromatic rings. The van der Waals surface area contributed by atoms with Crippen molar-refractivity contribution >= 4 is 34.7 Å². The average molecular weight is 370 g/mol. The van der Waals surface area contributed by atoms with Crippen molar-refractivity contribution in [2.45, 2.75) is 0 Å². The molecule has 0 unspecified atom stereocenters. The summed E-state index contributed by atoms with van der Waals surface area (Å²) in [6.45, 7) is 0.0638. The molecule has 7 heteroatoms. The van der Waals surface area contributed by atoms with Gasteiger partial charge in [-0.25, -0.2) is 0 Å². The lowest BCUT2D eigenvalue weighted by molar-refractivity contribution is -0.122. The predicted molar refractivity (Wildman–Crippen MR) is 102 cm³/mol. The number of anilines is 1. The van der Waals surface area contributed by atoms with Crippen LogP contribution in [-0.2, 0) is 4.79 Å². The smallest absolute Gasteiger partial charge is 0.295 e. The number of carbonyl (C=O) groups is 2. The van der Waals surface area contributed by atoms with Crippen LogP contribution in [0.2, 0.25) is 0 Å². The minimum Gasteiger partial charge on any atom is -0.496 e. The van der Waals surface area contributed by atoms with Gasteiger partial charge < -0.3 is 14.8 Å². The number of ether oxygens (including phenoxy) is 2. The molecule has 0 radical (unpaired) electrons. The highest BCUT2D eigenvalue weighted by Gasteiger charge is 2.35. The fourth-order valence-electron chi connectivity index (χ4n) is 2.52. The number of amides is 2. The summed E-state index contributed by atoms with van der Waals surface area (Å²) in [6, 6.07) is 14.7. The van der Waals surface area contributed by atoms with Gasteiger partial charge in [0.25, 0.3) is 11.1 Å². The summed E-state index contributed by atoms with van der Waals surface area (Å²) in [5.74, 6) is 0.948. The van der Waals surface area contributed by atoms with Crippen LogP contribution in [0.15, 0.2) is 53.4 Å². The number of thioether (sulfide) groups is 1. The van der Waals surface area contributed by atoms with Gasteiger partial charge in [0.1, 0.15) is 11.5 Å². The summed E-state index contributed by atoms with van der Waals surface area (Å²) >= 11 is 0.913. The molecule has 0 spiro atoms. The summed E-state index contributed by atoms with van der Waals surface area (Å²) in [5.41, 5.74) is 1.46. The third kappa shape index (κ3) is 3.67. The Bertz CT molecular complexity index is 866. The van der Waals surface area contributed by atoms with Crippen LogP contribution in [-0.4, -0.2) is 36.9 Å². The van der Waals surface area contributed by atoms with Gasteiger partial charge in [-0.15, -0.1) is 0 Å². The van der Waals surface area contributed by atoms with Gasteiger partial charge in [-0.1, -0.05) is 30.3 Å². The molecule has 134 valence electrons. The van der Waals surface area contributed by atoms with Gasteiger partial charge in [0.2, 0.25) is 0 Å². The third-order valence-electron chi connectivity index (χ3n) is 3.83. The number of carbonyl (C=O) groups excluding carboxylic acids is 2. The highest BCUT2D eigenvalue weighted by atomic mass is 32.2. The minimum absolute atomic E-state index is 0.0638. The van der Waals surface area contributed by atoms with Crippen molar-refractivity contribution in [3.63, 3.8) is 0 Å². The number of imide groups is 1. The maximum absolute atomic E-state index is 12.6. The van der Waals surface area contributed by atoms with E-state index in [0.717, 1.165) is 17.3 Å². The molecule has 1 heterocycles. The normalized spacial score (nSPS) is 15.5. The number of nitrogens with one attached hydrogen (secondary N) is 1. The molecule has 0 atom stereocenters. The van der Waals surface area contributed by atoms with Gasteiger partial charge in [0.05, 0.1) is 31.5 Å². The number of para-hydroxylation sites is 3. The maximum atomic E-state index is 12.6. The van der Waals surface area contributed by atoms with Crippen molar-refractivity contribution in [1.82, 2.24) is 4.90 Å². The Morgan fingerprint density at radius 3 is 2.38 bits per heavy atom. The van der Waals surface area contributed by atoms with Gasteiger partial charge in [-0.3, -0.25) is 14.5 Å². The summed E-state index contributed by atoms with van der Waals surface area (Å²) in [7, 11) is 3.13. The van der Waals surface area contributed by atoms with Crippen molar-refractivity contribution in [2.24, 2.45) is 0 Å². The SMILES string of the molecule is COc1ccccc1/C=C1/SC(=O)N(CNc2ccccc2OC)C1=O. The van der Waals surface area contributed by atoms with Crippen molar-refractivity contribution in [1.29, 1.82) is 0 Å². The predicted octanol–water partition coefficient (Wildman–Crippen LogP) is 3.81. The first kappa shape index (κ1) is 17.9. The molecule has 0 aliphatic carbocycles. The van der Waals surface area contributed by atoms with Crippen LogP contribution in [0.1, 0.15) is 5.56 Å². The molecular formula is C19H18N2O4S. The number of rotatable bonds is 6. The molecule has 2 amide bonds. The van der Waals surface area contributed by atoms with E-state index >= 15 is 0 Å². The van der Waals surface area contributed by atoms with E-state index in [1.54, 1.807) is 32.4 Å². The molecule has 1 fully saturated rings. The Balaban J connectivity index is 1.76. The Kier molecular flexibility index (Phi) is 5.48. The van der Waals surface area contributed by atoms with E-state index in [0.29, 0.717) is 22.1 Å². The highest BCUT2D eigenvalue weighted by Crippen LogP contribution is 2.34. The molecule has 1 aliphatic heterocycles. The fraction of sp³-hybridized carbons (Fsp3) is 0.158. The Hall–Kier alpha value is -2.93. The second kappa shape index (κ2) is 7.97. The Labute approximate surface area is 155 Å². The van der Waals surface area contributed by atoms with E-state index in [4.69, 9.17) is 9.47 Å². The quantitative estimate of drug-likeness (QED) is 0.780. The van der Waals surface area contributed by atoms with Gasteiger partial charge in [-0.05, 0) is 36.0 Å². The zero-order valence-electron chi connectivity index (χ0n) is 14.4. The van der Waals surface area contributed by atoms with Crippen molar-refractivity contribution in [2.75, 3.05) is 26.2 Å². The summed E-state index contributed by atoms with van der Waals surface area (Å²) in [6.07, 6.45) is 1.67. The summed E-state index contributed by atoms with van der Waals surface area (Å²) in [4.78, 5) is 26.4. The van der Waals surface area contributed by atoms with Crippen LogP contribution in [0.5, 0.6) is 11.5 Å². The van der Waals surface area contributed by atoms with E-state index in [9.17, 15) is 9.59 Å². The topological polar surface area (TPSA) is 67.9 Å². The zero-order chi connectivity index (χ0) is 18.5. The summed E-state index contributed by atoms with van der Waals surface area (Å²) in [5, 5.41) is 2.75. The van der Waals surface area contributed by atoms with Crippen molar-refractivity contribution in [3.05, 3.63) is 59.0 Å². The lowest BCUT2D eigenvalue weighted by atomic mass is 10.2. The fourth-order valence-corrected chi connectivity index (χ4v) is 3.35. The summed E-state index contributed by atoms with van der Waals surface area (Å²) < 4.78 is 10.5. The molecule has 0 bridgehead atoms. The second-order valence-corrected chi connectivity index (χ2v) is 6.38. The zero-order valence-corrected chi connectivity index (χ0v) is 15.2. The van der Waals surface area contributed by atoms with Crippen LogP contribution in [0, 0.1) is 0 Å². The molecule has 1 N–H and O–H groups in total. The number of hydrogen-bond acceptors (Lipinski definition) is 6. The average Bonchev–Trinajstić information content (AvgIpc) is 2.93. The van der Waals surface area contributed by atoms with Crippen molar-refractivity contribution in [3.8, 4) is 11.5 Å². The number of benzene rings is 2. The molecule has 26 heavy (non-hydrogen) atoms. The number of methoxy groups -OCH3 is 2. The van der Waals surface area contributed by atoms with Crippen LogP contribution < -0.4 is 14.8 Å². The Morgan fingerprint density at radius 1 is 1.00 bits per heavy atom. The van der Waals surface area contributed by atoms with E-state index in [1.807, 2.05) is 36.4 Å². The monoisotopic (exact) mass is 370 g/mol. The van der Waals surface area contributed by atoms with Crippen molar-refractivity contribution < 1.29 is 19.1 Å². The molecule has 2 aromatic carbocycles. The largest absolute Gasteiger partial charge is 0.496 e. The van der Waals surface area contributed by atoms with Crippen LogP contribution in [0.4, 0.5) is 10.5 Å². The lowest BCUT2D eigenvalue weighted by Crippen LogP contribution is -2.33. The van der Waals surface area contributed by atoms with E-state index in [2.05, 4.69) is 5.32 Å². The maximum Gasteiger partial charge on any atom is 0.295 e. The molecule has 6 nitrogen and oxygen atoms in total. The number of hydrogen-bond donors (Lipinski definition) is 1. The molecule has 3 rings (SSSR count). The van der Waals surface area contributed by atoms with Crippen LogP contribution >= 0.6 is 11.8 Å². The molecule has 0 aromatic heterocycles. The molecule has 1 saturated heterocycles. The van der Waals surface area contributed by atoms with Gasteiger partial charge in [0, 0.05) is 5.56 Å². The van der Waals surface area contributed by atoms with Gasteiger partial charge in [0.15, 0.2) is 0 Å². The lowest BCUT2D eigenvalue weighted by Gasteiger charge is -2.16. The molecule has 1 aliphatic rings. The van der Waals surface area contributed by atoms with E-state index in [-0.39, 0.29) is 17.8 Å². The van der Waals surface area contributed by atoms with Crippen LogP contribution in [0.25, 0.3) is 6.08 Å². The standard InChI is InChI=1S/C19H18N2O4S/c1-24-15-9-5-3-7-13(15)11-17-18(22)21(19(23)26-17)12-20-14-8-4-6-10-16(14)25-2/h3-11,20H,12H2,1-2H3/b17-11+. The third-order valence-corrected chi connectivity index (χ3v) is 4.74. The number of nitrogens with zero attached hydrogens (tertiary/aromatic N) is 1. The van der Waals surface area contributed by atoms with Gasteiger partial charge >= 0.3 is 0 Å². The minimum atomic E-state index is -0.340. The second-order valence-electron chi connectivity index (χ2n) is 5.39. The van der Waals surface area contributed by atoms with E-state index < -0.39 is 0 Å². The molecular weight excluding hydrogens is 352 g/mol. The first-order chi connectivity index (χ1) is 12.6. The van der Waals surface area contributed by atoms with Crippen LogP contribution in [0.3, 0.4) is 0 Å². The van der Waals surface area contributed by atoms with Gasteiger partial charge in [-0.2, -0.15) is 0 Å². The first-order valence-electron chi connectivity index (χ1n) is 7.89.